The Hall–Kier alpha value is -2.67. The SMILES string of the molecule is CCN(Cc1nc(-c2cccs2)no1)C(=O)[C@H](C)Oc1ccccc1. The van der Waals surface area contributed by atoms with E-state index in [1.807, 2.05) is 54.8 Å². The van der Waals surface area contributed by atoms with Crippen LogP contribution in [0, 0.1) is 0 Å². The van der Waals surface area contributed by atoms with Crippen molar-refractivity contribution in [3.05, 3.63) is 53.7 Å². The number of nitrogens with zero attached hydrogens (tertiary/aromatic N) is 3. The topological polar surface area (TPSA) is 68.5 Å². The maximum atomic E-state index is 12.6. The Bertz CT molecular complexity index is 802. The average molecular weight is 357 g/mol. The van der Waals surface area contributed by atoms with Crippen LogP contribution in [0.2, 0.25) is 0 Å². The summed E-state index contributed by atoms with van der Waals surface area (Å²) < 4.78 is 11.0. The first-order chi connectivity index (χ1) is 12.2. The standard InChI is InChI=1S/C18H19N3O3S/c1-3-21(18(22)13(2)23-14-8-5-4-6-9-14)12-16-19-17(20-24-16)15-10-7-11-25-15/h4-11,13H,3,12H2,1-2H3/t13-/m0/s1. The highest BCUT2D eigenvalue weighted by Gasteiger charge is 2.23. The maximum Gasteiger partial charge on any atom is 0.263 e. The highest BCUT2D eigenvalue weighted by atomic mass is 32.1. The summed E-state index contributed by atoms with van der Waals surface area (Å²) in [5.41, 5.74) is 0. The number of carbonyl (C=O) groups excluding carboxylic acids is 1. The molecule has 0 fully saturated rings. The van der Waals surface area contributed by atoms with Gasteiger partial charge in [0.1, 0.15) is 12.3 Å². The molecule has 0 aliphatic rings. The van der Waals surface area contributed by atoms with E-state index < -0.39 is 6.10 Å². The van der Waals surface area contributed by atoms with Gasteiger partial charge in [0.25, 0.3) is 5.91 Å². The van der Waals surface area contributed by atoms with Crippen molar-refractivity contribution in [1.29, 1.82) is 0 Å². The van der Waals surface area contributed by atoms with Gasteiger partial charge in [0.15, 0.2) is 6.10 Å². The third-order valence-corrected chi connectivity index (χ3v) is 4.50. The summed E-state index contributed by atoms with van der Waals surface area (Å²) in [6.45, 7) is 4.43. The molecule has 130 valence electrons. The van der Waals surface area contributed by atoms with Crippen molar-refractivity contribution in [3.8, 4) is 16.5 Å². The summed E-state index contributed by atoms with van der Waals surface area (Å²) in [5, 5.41) is 5.93. The molecule has 0 spiro atoms. The average Bonchev–Trinajstić information content (AvgIpc) is 3.31. The second kappa shape index (κ2) is 7.94. The summed E-state index contributed by atoms with van der Waals surface area (Å²) in [5.74, 6) is 1.49. The summed E-state index contributed by atoms with van der Waals surface area (Å²) >= 11 is 1.54. The lowest BCUT2D eigenvalue weighted by molar-refractivity contribution is -0.138. The van der Waals surface area contributed by atoms with Crippen molar-refractivity contribution in [3.63, 3.8) is 0 Å². The van der Waals surface area contributed by atoms with Gasteiger partial charge in [0.05, 0.1) is 4.88 Å². The molecule has 0 aliphatic heterocycles. The van der Waals surface area contributed by atoms with Crippen LogP contribution >= 0.6 is 11.3 Å². The van der Waals surface area contributed by atoms with E-state index in [1.165, 1.54) is 0 Å². The lowest BCUT2D eigenvalue weighted by Crippen LogP contribution is -2.40. The first kappa shape index (κ1) is 17.2. The van der Waals surface area contributed by atoms with Crippen molar-refractivity contribution >= 4 is 17.2 Å². The zero-order chi connectivity index (χ0) is 17.6. The third-order valence-electron chi connectivity index (χ3n) is 3.63. The van der Waals surface area contributed by atoms with E-state index in [-0.39, 0.29) is 12.5 Å². The zero-order valence-corrected chi connectivity index (χ0v) is 14.9. The lowest BCUT2D eigenvalue weighted by Gasteiger charge is -2.23. The first-order valence-electron chi connectivity index (χ1n) is 8.04. The van der Waals surface area contributed by atoms with Crippen molar-refractivity contribution in [2.45, 2.75) is 26.5 Å². The fourth-order valence-corrected chi connectivity index (χ4v) is 2.99. The van der Waals surface area contributed by atoms with E-state index in [4.69, 9.17) is 9.26 Å². The number of likely N-dealkylation sites (N-methyl/N-ethyl adjacent to an activating group) is 1. The van der Waals surface area contributed by atoms with Gasteiger partial charge in [-0.2, -0.15) is 4.98 Å². The number of ether oxygens (including phenoxy) is 1. The van der Waals surface area contributed by atoms with Gasteiger partial charge in [-0.15, -0.1) is 11.3 Å². The number of para-hydroxylation sites is 1. The molecule has 3 aromatic rings. The monoisotopic (exact) mass is 357 g/mol. The molecule has 25 heavy (non-hydrogen) atoms. The second-order valence-electron chi connectivity index (χ2n) is 5.41. The Kier molecular flexibility index (Phi) is 5.45. The van der Waals surface area contributed by atoms with E-state index >= 15 is 0 Å². The minimum atomic E-state index is -0.595. The Labute approximate surface area is 150 Å². The molecule has 1 amide bonds. The van der Waals surface area contributed by atoms with Crippen LogP contribution < -0.4 is 4.74 Å². The number of thiophene rings is 1. The molecule has 6 nitrogen and oxygen atoms in total. The van der Waals surface area contributed by atoms with Gasteiger partial charge in [0, 0.05) is 6.54 Å². The van der Waals surface area contributed by atoms with Crippen LogP contribution in [-0.4, -0.2) is 33.6 Å². The second-order valence-corrected chi connectivity index (χ2v) is 6.36. The van der Waals surface area contributed by atoms with Crippen LogP contribution in [0.4, 0.5) is 0 Å². The predicted molar refractivity (Wildman–Crippen MR) is 95.2 cm³/mol. The van der Waals surface area contributed by atoms with Crippen molar-refractivity contribution in [2.75, 3.05) is 6.54 Å². The molecular formula is C18H19N3O3S. The largest absolute Gasteiger partial charge is 0.481 e. The van der Waals surface area contributed by atoms with Gasteiger partial charge in [-0.1, -0.05) is 29.4 Å². The Morgan fingerprint density at radius 1 is 1.28 bits per heavy atom. The molecule has 2 aromatic heterocycles. The molecule has 0 N–H and O–H groups in total. The molecule has 0 saturated carbocycles. The quantitative estimate of drug-likeness (QED) is 0.646. The van der Waals surface area contributed by atoms with Gasteiger partial charge in [0.2, 0.25) is 11.7 Å². The highest BCUT2D eigenvalue weighted by molar-refractivity contribution is 7.13. The Morgan fingerprint density at radius 3 is 2.76 bits per heavy atom. The molecule has 0 bridgehead atoms. The van der Waals surface area contributed by atoms with Crippen LogP contribution in [0.3, 0.4) is 0 Å². The van der Waals surface area contributed by atoms with E-state index in [9.17, 15) is 4.79 Å². The molecule has 0 radical (unpaired) electrons. The zero-order valence-electron chi connectivity index (χ0n) is 14.1. The van der Waals surface area contributed by atoms with Gasteiger partial charge >= 0.3 is 0 Å². The third kappa shape index (κ3) is 4.24. The van der Waals surface area contributed by atoms with Crippen molar-refractivity contribution in [1.82, 2.24) is 15.0 Å². The Balaban J connectivity index is 1.64. The van der Waals surface area contributed by atoms with Crippen molar-refractivity contribution < 1.29 is 14.1 Å². The van der Waals surface area contributed by atoms with E-state index in [2.05, 4.69) is 10.1 Å². The van der Waals surface area contributed by atoms with Gasteiger partial charge in [-0.3, -0.25) is 4.79 Å². The fraction of sp³-hybridized carbons (Fsp3) is 0.278. The summed E-state index contributed by atoms with van der Waals surface area (Å²) in [6, 6.07) is 13.1. The summed E-state index contributed by atoms with van der Waals surface area (Å²) in [7, 11) is 0. The number of hydrogen-bond acceptors (Lipinski definition) is 6. The normalized spacial score (nSPS) is 11.9. The number of hydrogen-bond donors (Lipinski definition) is 0. The number of rotatable bonds is 7. The fourth-order valence-electron chi connectivity index (χ4n) is 2.34. The highest BCUT2D eigenvalue weighted by Crippen LogP contribution is 2.21. The van der Waals surface area contributed by atoms with Crippen LogP contribution in [0.25, 0.3) is 10.7 Å². The molecule has 0 aliphatic carbocycles. The number of amides is 1. The summed E-state index contributed by atoms with van der Waals surface area (Å²) in [4.78, 5) is 19.6. The maximum absolute atomic E-state index is 12.6. The van der Waals surface area contributed by atoms with Crippen LogP contribution in [0.1, 0.15) is 19.7 Å². The van der Waals surface area contributed by atoms with E-state index in [1.54, 1.807) is 23.2 Å². The molecule has 1 atom stereocenters. The molecule has 2 heterocycles. The first-order valence-corrected chi connectivity index (χ1v) is 8.92. The van der Waals surface area contributed by atoms with Gasteiger partial charge in [-0.25, -0.2) is 0 Å². The van der Waals surface area contributed by atoms with E-state index in [0.29, 0.717) is 24.0 Å². The van der Waals surface area contributed by atoms with Gasteiger partial charge in [-0.05, 0) is 37.4 Å². The molecule has 3 rings (SSSR count). The molecule has 7 heteroatoms. The predicted octanol–water partition coefficient (Wildman–Crippen LogP) is 3.61. The molecular weight excluding hydrogens is 338 g/mol. The number of aromatic nitrogens is 2. The van der Waals surface area contributed by atoms with Crippen LogP contribution in [0.5, 0.6) is 5.75 Å². The van der Waals surface area contributed by atoms with E-state index in [0.717, 1.165) is 4.88 Å². The lowest BCUT2D eigenvalue weighted by atomic mass is 10.3. The van der Waals surface area contributed by atoms with Crippen LogP contribution in [0.15, 0.2) is 52.4 Å². The van der Waals surface area contributed by atoms with Crippen molar-refractivity contribution in [2.24, 2.45) is 0 Å². The smallest absolute Gasteiger partial charge is 0.263 e. The summed E-state index contributed by atoms with van der Waals surface area (Å²) in [6.07, 6.45) is -0.595. The molecule has 1 aromatic carbocycles. The minimum Gasteiger partial charge on any atom is -0.481 e. The minimum absolute atomic E-state index is 0.123. The molecule has 0 saturated heterocycles. The number of benzene rings is 1. The molecule has 0 unspecified atom stereocenters. The Morgan fingerprint density at radius 2 is 2.08 bits per heavy atom. The number of carbonyl (C=O) groups is 1. The van der Waals surface area contributed by atoms with Gasteiger partial charge < -0.3 is 14.2 Å². The van der Waals surface area contributed by atoms with Crippen LogP contribution in [-0.2, 0) is 11.3 Å².